The number of fused-ring (bicyclic) bond motifs is 1. The van der Waals surface area contributed by atoms with Crippen LogP contribution in [0.15, 0.2) is 12.1 Å². The first-order valence-corrected chi connectivity index (χ1v) is 6.13. The molecule has 0 fully saturated rings. The number of thiophene rings is 1. The first-order chi connectivity index (χ1) is 8.69. The van der Waals surface area contributed by atoms with Crippen LogP contribution >= 0.6 is 34.5 Å². The average Bonchev–Trinajstić information content (AvgIpc) is 2.55. The maximum atomic E-state index is 13.4. The number of ether oxygens (including phenoxy) is 1. The Morgan fingerprint density at radius 1 is 1.32 bits per heavy atom. The van der Waals surface area contributed by atoms with Crippen LogP contribution in [-0.2, 0) is 0 Å². The van der Waals surface area contributed by atoms with E-state index in [1.165, 1.54) is 0 Å². The molecule has 0 saturated carbocycles. The summed E-state index contributed by atoms with van der Waals surface area (Å²) in [6.07, 6.45) is -5.03. The Hall–Kier alpha value is -1.05. The van der Waals surface area contributed by atoms with Gasteiger partial charge in [0.2, 0.25) is 0 Å². The second kappa shape index (κ2) is 4.81. The molecule has 0 aliphatic carbocycles. The van der Waals surface area contributed by atoms with Crippen molar-refractivity contribution in [1.29, 1.82) is 0 Å². The van der Waals surface area contributed by atoms with E-state index in [2.05, 4.69) is 4.74 Å². The van der Waals surface area contributed by atoms with Crippen LogP contribution in [0, 0.1) is 5.82 Å². The summed E-state index contributed by atoms with van der Waals surface area (Å²) in [5.74, 6) is -2.23. The van der Waals surface area contributed by atoms with E-state index in [1.54, 1.807) is 0 Å². The first-order valence-electron chi connectivity index (χ1n) is 4.56. The molecule has 0 unspecified atom stereocenters. The van der Waals surface area contributed by atoms with Gasteiger partial charge in [-0.3, -0.25) is 4.79 Å². The number of carbonyl (C=O) groups is 1. The lowest BCUT2D eigenvalue weighted by atomic mass is 10.2. The van der Waals surface area contributed by atoms with Gasteiger partial charge in [0.05, 0.1) is 5.02 Å². The number of hydrogen-bond acceptors (Lipinski definition) is 3. The molecule has 9 heteroatoms. The van der Waals surface area contributed by atoms with Crippen molar-refractivity contribution in [2.75, 3.05) is 0 Å². The largest absolute Gasteiger partial charge is 0.573 e. The first kappa shape index (κ1) is 14.4. The molecule has 2 nitrogen and oxygen atoms in total. The van der Waals surface area contributed by atoms with Crippen molar-refractivity contribution in [2.24, 2.45) is 0 Å². The van der Waals surface area contributed by atoms with E-state index >= 15 is 0 Å². The fourth-order valence-electron chi connectivity index (χ4n) is 1.40. The third kappa shape index (κ3) is 2.93. The lowest BCUT2D eigenvalue weighted by Gasteiger charge is -2.09. The molecular weight excluding hydrogens is 331 g/mol. The summed E-state index contributed by atoms with van der Waals surface area (Å²) in [5, 5.41) is -0.937. The number of carbonyl (C=O) groups excluding carboxylic acids is 1. The van der Waals surface area contributed by atoms with Gasteiger partial charge < -0.3 is 4.74 Å². The minimum absolute atomic E-state index is 0.0660. The fraction of sp³-hybridized carbons (Fsp3) is 0.100. The molecule has 1 aromatic carbocycles. The molecule has 0 N–H and O–H groups in total. The van der Waals surface area contributed by atoms with Crippen molar-refractivity contribution in [3.63, 3.8) is 0 Å². The highest BCUT2D eigenvalue weighted by Crippen LogP contribution is 2.40. The van der Waals surface area contributed by atoms with Crippen molar-refractivity contribution in [2.45, 2.75) is 6.36 Å². The second-order valence-corrected chi connectivity index (χ2v) is 5.12. The van der Waals surface area contributed by atoms with Gasteiger partial charge in [0.25, 0.3) is 5.24 Å². The monoisotopic (exact) mass is 332 g/mol. The molecule has 0 saturated heterocycles. The molecule has 0 aliphatic rings. The Balaban J connectivity index is 2.61. The minimum Gasteiger partial charge on any atom is -0.403 e. The number of alkyl halides is 3. The van der Waals surface area contributed by atoms with E-state index in [9.17, 15) is 22.4 Å². The molecule has 0 spiro atoms. The van der Waals surface area contributed by atoms with E-state index in [0.29, 0.717) is 0 Å². The molecule has 2 aromatic rings. The predicted octanol–water partition coefficient (Wildman–Crippen LogP) is 4.97. The third-order valence-electron chi connectivity index (χ3n) is 2.09. The quantitative estimate of drug-likeness (QED) is 0.573. The summed E-state index contributed by atoms with van der Waals surface area (Å²) in [6.45, 7) is 0. The van der Waals surface area contributed by atoms with Gasteiger partial charge in [0, 0.05) is 10.1 Å². The average molecular weight is 333 g/mol. The lowest BCUT2D eigenvalue weighted by Crippen LogP contribution is -2.17. The number of benzene rings is 1. The summed E-state index contributed by atoms with van der Waals surface area (Å²) < 4.78 is 53.3. The number of halogens is 6. The van der Waals surface area contributed by atoms with Gasteiger partial charge in [0.15, 0.2) is 11.6 Å². The van der Waals surface area contributed by atoms with Crippen LogP contribution in [0.2, 0.25) is 5.02 Å². The minimum atomic E-state index is -5.03. The van der Waals surface area contributed by atoms with Crippen molar-refractivity contribution < 1.29 is 27.1 Å². The van der Waals surface area contributed by atoms with Crippen molar-refractivity contribution in [1.82, 2.24) is 0 Å². The van der Waals surface area contributed by atoms with Gasteiger partial charge in [-0.25, -0.2) is 4.39 Å². The molecular formula is C10H2Cl2F4O2S. The standard InChI is InChI=1S/C10H2Cl2F4O2S/c11-7-3-1-5(18-10(14,15)16)4(13)2-6(3)19-8(7)9(12)17/h1-2H. The van der Waals surface area contributed by atoms with Gasteiger partial charge in [-0.15, -0.1) is 24.5 Å². The lowest BCUT2D eigenvalue weighted by molar-refractivity contribution is -0.275. The Morgan fingerprint density at radius 3 is 2.47 bits per heavy atom. The fourth-order valence-corrected chi connectivity index (χ4v) is 3.00. The highest BCUT2D eigenvalue weighted by Gasteiger charge is 2.33. The zero-order valence-electron chi connectivity index (χ0n) is 8.65. The summed E-state index contributed by atoms with van der Waals surface area (Å²) in [7, 11) is 0. The number of rotatable bonds is 2. The molecule has 2 rings (SSSR count). The van der Waals surface area contributed by atoms with Crippen molar-refractivity contribution in [3.8, 4) is 5.75 Å². The van der Waals surface area contributed by atoms with Gasteiger partial charge in [-0.2, -0.15) is 0 Å². The molecule has 0 aliphatic heterocycles. The van der Waals surface area contributed by atoms with Gasteiger partial charge in [-0.05, 0) is 23.7 Å². The molecule has 1 heterocycles. The van der Waals surface area contributed by atoms with E-state index in [-0.39, 0.29) is 20.0 Å². The second-order valence-electron chi connectivity index (χ2n) is 3.35. The van der Waals surface area contributed by atoms with Crippen LogP contribution in [0.1, 0.15) is 9.67 Å². The zero-order chi connectivity index (χ0) is 14.4. The Labute approximate surface area is 117 Å². The van der Waals surface area contributed by atoms with Crippen LogP contribution in [0.3, 0.4) is 0 Å². The summed E-state index contributed by atoms with van der Waals surface area (Å²) in [4.78, 5) is 11.0. The van der Waals surface area contributed by atoms with Crippen LogP contribution in [0.25, 0.3) is 10.1 Å². The molecule has 1 aromatic heterocycles. The molecule has 19 heavy (non-hydrogen) atoms. The highest BCUT2D eigenvalue weighted by molar-refractivity contribution is 7.23. The highest BCUT2D eigenvalue weighted by atomic mass is 35.5. The Kier molecular flexibility index (Phi) is 3.63. The van der Waals surface area contributed by atoms with E-state index in [4.69, 9.17) is 23.2 Å². The maximum absolute atomic E-state index is 13.4. The molecule has 102 valence electrons. The molecule has 0 amide bonds. The molecule has 0 atom stereocenters. The normalized spacial score (nSPS) is 11.9. The molecule has 0 bridgehead atoms. The number of hydrogen-bond donors (Lipinski definition) is 0. The van der Waals surface area contributed by atoms with E-state index < -0.39 is 23.2 Å². The molecule has 0 radical (unpaired) electrons. The Morgan fingerprint density at radius 2 is 1.95 bits per heavy atom. The van der Waals surface area contributed by atoms with Crippen molar-refractivity contribution in [3.05, 3.63) is 27.8 Å². The zero-order valence-corrected chi connectivity index (χ0v) is 11.0. The smallest absolute Gasteiger partial charge is 0.403 e. The van der Waals surface area contributed by atoms with Crippen LogP contribution in [0.4, 0.5) is 17.6 Å². The van der Waals surface area contributed by atoms with Crippen LogP contribution in [0.5, 0.6) is 5.75 Å². The summed E-state index contributed by atoms with van der Waals surface area (Å²) in [6, 6.07) is 1.58. The van der Waals surface area contributed by atoms with E-state index in [0.717, 1.165) is 23.5 Å². The van der Waals surface area contributed by atoms with Crippen molar-refractivity contribution >= 4 is 49.9 Å². The van der Waals surface area contributed by atoms with Gasteiger partial charge in [0.1, 0.15) is 4.88 Å². The summed E-state index contributed by atoms with van der Waals surface area (Å²) >= 11 is 11.8. The maximum Gasteiger partial charge on any atom is 0.573 e. The SMILES string of the molecule is O=C(Cl)c1sc2cc(F)c(OC(F)(F)F)cc2c1Cl. The third-order valence-corrected chi connectivity index (χ3v) is 4.04. The van der Waals surface area contributed by atoms with Gasteiger partial charge >= 0.3 is 6.36 Å². The summed E-state index contributed by atoms with van der Waals surface area (Å²) in [5.41, 5.74) is 0. The van der Waals surface area contributed by atoms with Gasteiger partial charge in [-0.1, -0.05) is 11.6 Å². The van der Waals surface area contributed by atoms with Crippen LogP contribution < -0.4 is 4.74 Å². The van der Waals surface area contributed by atoms with E-state index in [1.807, 2.05) is 0 Å². The van der Waals surface area contributed by atoms with Crippen LogP contribution in [-0.4, -0.2) is 11.6 Å². The topological polar surface area (TPSA) is 26.3 Å². The predicted molar refractivity (Wildman–Crippen MR) is 63.7 cm³/mol. The Bertz CT molecular complexity index is 666.